The molecule has 0 saturated carbocycles. The molecule has 4 nitrogen and oxygen atoms in total. The second kappa shape index (κ2) is 12.9. The first-order valence-corrected chi connectivity index (χ1v) is 10.9. The average molecular weight is 411 g/mol. The molecule has 162 valence electrons. The van der Waals surface area contributed by atoms with Crippen LogP contribution in [0.25, 0.3) is 6.08 Å². The van der Waals surface area contributed by atoms with Gasteiger partial charge in [-0.3, -0.25) is 0 Å². The van der Waals surface area contributed by atoms with E-state index in [0.29, 0.717) is 19.4 Å². The minimum absolute atomic E-state index is 0.0305. The first kappa shape index (κ1) is 23.7. The van der Waals surface area contributed by atoms with Crippen LogP contribution in [0.3, 0.4) is 0 Å². The quantitative estimate of drug-likeness (QED) is 0.355. The molecule has 0 aliphatic rings. The molecule has 1 unspecified atom stereocenters. The first-order valence-electron chi connectivity index (χ1n) is 10.9. The summed E-state index contributed by atoms with van der Waals surface area (Å²) < 4.78 is 11.5. The highest BCUT2D eigenvalue weighted by Crippen LogP contribution is 2.24. The molecule has 0 heterocycles. The van der Waals surface area contributed by atoms with Gasteiger partial charge >= 0.3 is 5.97 Å². The zero-order chi connectivity index (χ0) is 21.8. The highest BCUT2D eigenvalue weighted by molar-refractivity contribution is 5.87. The Morgan fingerprint density at radius 1 is 1.03 bits per heavy atom. The molecule has 3 atom stereocenters. The van der Waals surface area contributed by atoms with Gasteiger partial charge in [0, 0.05) is 12.0 Å². The van der Waals surface area contributed by atoms with Crippen LogP contribution in [0.1, 0.15) is 57.6 Å². The smallest absolute Gasteiger partial charge is 0.331 e. The van der Waals surface area contributed by atoms with Crippen LogP contribution in [0, 0.1) is 5.92 Å². The van der Waals surface area contributed by atoms with Gasteiger partial charge in [-0.25, -0.2) is 4.79 Å². The normalized spacial score (nSPS) is 14.3. The molecule has 2 aromatic rings. The zero-order valence-corrected chi connectivity index (χ0v) is 18.3. The van der Waals surface area contributed by atoms with Gasteiger partial charge in [-0.15, -0.1) is 0 Å². The SMILES string of the molecule is CCCC([C@H](O)CC)[C@H](CC)OC(=O)C=Cc1cccc(OCc2ccccc2)c1. The Morgan fingerprint density at radius 3 is 2.47 bits per heavy atom. The van der Waals surface area contributed by atoms with Crippen LogP contribution in [-0.2, 0) is 16.1 Å². The first-order chi connectivity index (χ1) is 14.6. The summed E-state index contributed by atoms with van der Waals surface area (Å²) >= 11 is 0. The number of aliphatic hydroxyl groups excluding tert-OH is 1. The maximum atomic E-state index is 12.4. The van der Waals surface area contributed by atoms with Crippen LogP contribution in [-0.4, -0.2) is 23.3 Å². The van der Waals surface area contributed by atoms with E-state index in [-0.39, 0.29) is 18.0 Å². The largest absolute Gasteiger partial charge is 0.489 e. The lowest BCUT2D eigenvalue weighted by Gasteiger charge is -2.29. The predicted octanol–water partition coefficient (Wildman–Crippen LogP) is 5.79. The third-order valence-electron chi connectivity index (χ3n) is 5.20. The van der Waals surface area contributed by atoms with Gasteiger partial charge in [0.25, 0.3) is 0 Å². The van der Waals surface area contributed by atoms with Crippen molar-refractivity contribution in [3.8, 4) is 5.75 Å². The van der Waals surface area contributed by atoms with Gasteiger partial charge in [0.2, 0.25) is 0 Å². The number of aliphatic hydroxyl groups is 1. The van der Waals surface area contributed by atoms with E-state index in [1.165, 1.54) is 6.08 Å². The van der Waals surface area contributed by atoms with Crippen molar-refractivity contribution >= 4 is 12.0 Å². The van der Waals surface area contributed by atoms with Crippen molar-refractivity contribution in [3.63, 3.8) is 0 Å². The monoisotopic (exact) mass is 410 g/mol. The molecule has 0 spiro atoms. The van der Waals surface area contributed by atoms with E-state index >= 15 is 0 Å². The van der Waals surface area contributed by atoms with Crippen LogP contribution >= 0.6 is 0 Å². The molecule has 2 aromatic carbocycles. The Kier molecular flexibility index (Phi) is 10.2. The summed E-state index contributed by atoms with van der Waals surface area (Å²) in [6.07, 6.45) is 5.57. The molecule has 0 radical (unpaired) electrons. The van der Waals surface area contributed by atoms with E-state index in [0.717, 1.165) is 29.7 Å². The summed E-state index contributed by atoms with van der Waals surface area (Å²) in [5.74, 6) is 0.328. The molecule has 0 bridgehead atoms. The van der Waals surface area contributed by atoms with Gasteiger partial charge in [0.1, 0.15) is 18.5 Å². The highest BCUT2D eigenvalue weighted by atomic mass is 16.5. The Bertz CT molecular complexity index is 785. The van der Waals surface area contributed by atoms with Crippen molar-refractivity contribution < 1.29 is 19.4 Å². The number of carbonyl (C=O) groups is 1. The summed E-state index contributed by atoms with van der Waals surface area (Å²) in [4.78, 5) is 12.4. The standard InChI is InChI=1S/C26H34O4/c1-4-11-23(24(27)5-2)25(6-3)30-26(28)17-16-20-14-10-15-22(18-20)29-19-21-12-8-7-9-13-21/h7-10,12-18,23-25,27H,4-6,11,19H2,1-3H3/t23?,24-,25+/m1/s1. The fraction of sp³-hybridized carbons (Fsp3) is 0.423. The van der Waals surface area contributed by atoms with Crippen molar-refractivity contribution in [2.45, 2.75) is 65.3 Å². The number of benzene rings is 2. The van der Waals surface area contributed by atoms with Gasteiger partial charge in [-0.2, -0.15) is 0 Å². The topological polar surface area (TPSA) is 55.8 Å². The molecule has 0 aliphatic heterocycles. The van der Waals surface area contributed by atoms with Crippen LogP contribution in [0.2, 0.25) is 0 Å². The van der Waals surface area contributed by atoms with Crippen molar-refractivity contribution in [2.24, 2.45) is 5.92 Å². The molecular weight excluding hydrogens is 376 g/mol. The number of rotatable bonds is 12. The maximum Gasteiger partial charge on any atom is 0.331 e. The van der Waals surface area contributed by atoms with Crippen LogP contribution in [0.4, 0.5) is 0 Å². The summed E-state index contributed by atoms with van der Waals surface area (Å²) in [5, 5.41) is 10.3. The lowest BCUT2D eigenvalue weighted by Crippen LogP contribution is -2.34. The Balaban J connectivity index is 1.96. The minimum atomic E-state index is -0.454. The summed E-state index contributed by atoms with van der Waals surface area (Å²) in [6, 6.07) is 17.6. The van der Waals surface area contributed by atoms with Gasteiger partial charge in [-0.1, -0.05) is 69.7 Å². The van der Waals surface area contributed by atoms with Crippen molar-refractivity contribution in [1.82, 2.24) is 0 Å². The van der Waals surface area contributed by atoms with Crippen molar-refractivity contribution in [1.29, 1.82) is 0 Å². The van der Waals surface area contributed by atoms with E-state index in [4.69, 9.17) is 9.47 Å². The molecule has 0 aromatic heterocycles. The molecule has 1 N–H and O–H groups in total. The predicted molar refractivity (Wildman–Crippen MR) is 121 cm³/mol. The Labute approximate surface area is 180 Å². The summed E-state index contributed by atoms with van der Waals surface area (Å²) in [5.41, 5.74) is 1.97. The van der Waals surface area contributed by atoms with Crippen molar-refractivity contribution in [2.75, 3.05) is 0 Å². The maximum absolute atomic E-state index is 12.4. The molecule has 0 amide bonds. The van der Waals surface area contributed by atoms with Crippen LogP contribution in [0.5, 0.6) is 5.75 Å². The van der Waals surface area contributed by atoms with Gasteiger partial charge in [-0.05, 0) is 48.6 Å². The molecule has 4 heteroatoms. The minimum Gasteiger partial charge on any atom is -0.489 e. The molecular formula is C26H34O4. The summed E-state index contributed by atoms with van der Waals surface area (Å²) in [7, 11) is 0. The Hall–Kier alpha value is -2.59. The molecule has 30 heavy (non-hydrogen) atoms. The van der Waals surface area contributed by atoms with Gasteiger partial charge < -0.3 is 14.6 Å². The molecule has 0 saturated heterocycles. The molecule has 0 fully saturated rings. The number of hydrogen-bond donors (Lipinski definition) is 1. The van der Waals surface area contributed by atoms with E-state index in [1.54, 1.807) is 6.08 Å². The third kappa shape index (κ3) is 7.68. The van der Waals surface area contributed by atoms with Crippen molar-refractivity contribution in [3.05, 3.63) is 71.8 Å². The zero-order valence-electron chi connectivity index (χ0n) is 18.3. The van der Waals surface area contributed by atoms with Gasteiger partial charge in [0.05, 0.1) is 6.10 Å². The Morgan fingerprint density at radius 2 is 1.80 bits per heavy atom. The second-order valence-electron chi connectivity index (χ2n) is 7.49. The second-order valence-corrected chi connectivity index (χ2v) is 7.49. The van der Waals surface area contributed by atoms with E-state index < -0.39 is 6.10 Å². The number of hydrogen-bond acceptors (Lipinski definition) is 4. The lowest BCUT2D eigenvalue weighted by atomic mass is 9.88. The van der Waals surface area contributed by atoms with Crippen LogP contribution in [0.15, 0.2) is 60.7 Å². The third-order valence-corrected chi connectivity index (χ3v) is 5.20. The highest BCUT2D eigenvalue weighted by Gasteiger charge is 2.28. The fourth-order valence-electron chi connectivity index (χ4n) is 3.54. The van der Waals surface area contributed by atoms with E-state index in [1.807, 2.05) is 68.4 Å². The summed E-state index contributed by atoms with van der Waals surface area (Å²) in [6.45, 7) is 6.51. The van der Waals surface area contributed by atoms with Gasteiger partial charge in [0.15, 0.2) is 0 Å². The van der Waals surface area contributed by atoms with Crippen LogP contribution < -0.4 is 4.74 Å². The molecule has 2 rings (SSSR count). The number of carbonyl (C=O) groups excluding carboxylic acids is 1. The number of ether oxygens (including phenoxy) is 2. The fourth-order valence-corrected chi connectivity index (χ4v) is 3.54. The molecule has 0 aliphatic carbocycles. The van der Waals surface area contributed by atoms with E-state index in [2.05, 4.69) is 6.92 Å². The lowest BCUT2D eigenvalue weighted by molar-refractivity contribution is -0.148. The number of esters is 1. The average Bonchev–Trinajstić information content (AvgIpc) is 2.79. The van der Waals surface area contributed by atoms with E-state index in [9.17, 15) is 9.90 Å².